The number of fused-ring (bicyclic) bond motifs is 3. The van der Waals surface area contributed by atoms with E-state index in [0.717, 1.165) is 60.2 Å². The highest BCUT2D eigenvalue weighted by molar-refractivity contribution is 6.30. The highest BCUT2D eigenvalue weighted by Gasteiger charge is 2.23. The number of carbonyl (C=O) groups is 2. The fraction of sp³-hybridized carbons (Fsp3) is 0.245. The van der Waals surface area contributed by atoms with E-state index in [1.54, 1.807) is 48.5 Å². The third kappa shape index (κ3) is 10.0. The number of aromatic hydroxyl groups is 2. The Morgan fingerprint density at radius 1 is 0.733 bits per heavy atom. The molecule has 0 bridgehead atoms. The number of aromatic carboxylic acids is 2. The van der Waals surface area contributed by atoms with Crippen molar-refractivity contribution in [2.24, 2.45) is 0 Å². The summed E-state index contributed by atoms with van der Waals surface area (Å²) in [5.41, 5.74) is 3.73. The lowest BCUT2D eigenvalue weighted by atomic mass is 9.90. The van der Waals surface area contributed by atoms with E-state index in [1.807, 2.05) is 54.6 Å². The van der Waals surface area contributed by atoms with Crippen molar-refractivity contribution in [3.63, 3.8) is 0 Å². The molecule has 310 valence electrons. The predicted molar refractivity (Wildman–Crippen MR) is 240 cm³/mol. The van der Waals surface area contributed by atoms with Crippen molar-refractivity contribution >= 4 is 56.0 Å². The van der Waals surface area contributed by atoms with E-state index < -0.39 is 29.5 Å². The first-order chi connectivity index (χ1) is 28.9. The first kappa shape index (κ1) is 43.5. The minimum atomic E-state index is -1.28. The van der Waals surface area contributed by atoms with Gasteiger partial charge in [-0.2, -0.15) is 0 Å². The van der Waals surface area contributed by atoms with Crippen LogP contribution in [0.25, 0.3) is 43.7 Å². The van der Waals surface area contributed by atoms with Crippen LogP contribution in [0.2, 0.25) is 5.02 Å². The standard InChI is InChI=1S/C26H34ClN3O.C23H16O6/c1-4-30(5-2)16-8-9-19(3)28-18-26(31)23-17-25(20-12-14-21(27)15-13-20)29-24-11-7-6-10-22(23)24;24-20-16(14-7-3-1-5-12(14)9-18(20)22(26)27)11-17-15-8-4-2-6-13(15)10-19(21(17)25)23(28)29/h6-7,10-15,17,19,26,28,31H,4-5,8-9,16,18H2,1-3H3;1-10,24-25H,11H2,(H,26,27)(H,28,29). The molecule has 0 spiro atoms. The largest absolute Gasteiger partial charge is 0.507 e. The fourth-order valence-corrected chi connectivity index (χ4v) is 7.74. The van der Waals surface area contributed by atoms with Crippen molar-refractivity contribution < 1.29 is 35.1 Å². The zero-order valence-electron chi connectivity index (χ0n) is 33.9. The van der Waals surface area contributed by atoms with E-state index in [9.17, 15) is 35.1 Å². The topological polar surface area (TPSA) is 163 Å². The van der Waals surface area contributed by atoms with Crippen molar-refractivity contribution in [2.75, 3.05) is 26.2 Å². The molecule has 0 aliphatic carbocycles. The summed E-state index contributed by atoms with van der Waals surface area (Å²) in [5.74, 6) is -3.36. The molecule has 2 atom stereocenters. The number of carboxylic acid groups (broad SMARTS) is 2. The number of aromatic nitrogens is 1. The predicted octanol–water partition coefficient (Wildman–Crippen LogP) is 10.1. The van der Waals surface area contributed by atoms with Gasteiger partial charge in [-0.1, -0.05) is 104 Å². The Bertz CT molecular complexity index is 2530. The third-order valence-corrected chi connectivity index (χ3v) is 11.2. The van der Waals surface area contributed by atoms with Gasteiger partial charge in [0.15, 0.2) is 0 Å². The summed E-state index contributed by atoms with van der Waals surface area (Å²) in [7, 11) is 0. The first-order valence-corrected chi connectivity index (χ1v) is 20.5. The second-order valence-corrected chi connectivity index (χ2v) is 15.3. The van der Waals surface area contributed by atoms with Crippen molar-refractivity contribution in [3.8, 4) is 22.8 Å². The normalized spacial score (nSPS) is 12.4. The number of hydrogen-bond donors (Lipinski definition) is 6. The molecule has 7 rings (SSSR count). The quantitative estimate of drug-likeness (QED) is 0.0586. The zero-order chi connectivity index (χ0) is 42.9. The molecular weight excluding hydrogens is 778 g/mol. The zero-order valence-corrected chi connectivity index (χ0v) is 34.7. The Kier molecular flexibility index (Phi) is 14.4. The van der Waals surface area contributed by atoms with E-state index in [-0.39, 0.29) is 17.5 Å². The van der Waals surface area contributed by atoms with Crippen LogP contribution in [0.3, 0.4) is 0 Å². The number of nitrogens with zero attached hydrogens (tertiary/aromatic N) is 2. The van der Waals surface area contributed by atoms with Gasteiger partial charge in [-0.3, -0.25) is 0 Å². The fourth-order valence-electron chi connectivity index (χ4n) is 7.62. The summed E-state index contributed by atoms with van der Waals surface area (Å²) in [6, 6.07) is 34.8. The lowest BCUT2D eigenvalue weighted by Crippen LogP contribution is -2.32. The number of aliphatic hydroxyl groups excluding tert-OH is 1. The number of pyridine rings is 1. The molecule has 10 nitrogen and oxygen atoms in total. The lowest BCUT2D eigenvalue weighted by molar-refractivity contribution is 0.0682. The molecule has 1 aromatic heterocycles. The molecule has 60 heavy (non-hydrogen) atoms. The SMILES string of the molecule is CCN(CC)CCCC(C)NCC(O)c1cc(-c2ccc(Cl)cc2)nc2ccccc12.O=C(O)c1cc2ccccc2c(Cc2c(O)c(C(=O)O)cc3ccccc23)c1O. The van der Waals surface area contributed by atoms with Crippen molar-refractivity contribution in [3.05, 3.63) is 148 Å². The van der Waals surface area contributed by atoms with Crippen LogP contribution < -0.4 is 5.32 Å². The van der Waals surface area contributed by atoms with Crippen LogP contribution in [0.1, 0.15) is 77.1 Å². The van der Waals surface area contributed by atoms with Gasteiger partial charge < -0.3 is 35.7 Å². The Labute approximate surface area is 354 Å². The number of halogens is 1. The molecular formula is C49H50ClN3O7. The summed E-state index contributed by atoms with van der Waals surface area (Å²) in [4.78, 5) is 30.5. The number of rotatable bonds is 15. The smallest absolute Gasteiger partial charge is 0.339 e. The third-order valence-electron chi connectivity index (χ3n) is 11.0. The minimum Gasteiger partial charge on any atom is -0.507 e. The number of carboxylic acids is 2. The van der Waals surface area contributed by atoms with Crippen LogP contribution in [-0.4, -0.2) is 79.6 Å². The van der Waals surface area contributed by atoms with Gasteiger partial charge in [-0.15, -0.1) is 0 Å². The van der Waals surface area contributed by atoms with E-state index >= 15 is 0 Å². The summed E-state index contributed by atoms with van der Waals surface area (Å²) in [5, 5.41) is 59.1. The summed E-state index contributed by atoms with van der Waals surface area (Å²) >= 11 is 6.05. The number of benzene rings is 6. The van der Waals surface area contributed by atoms with Crippen LogP contribution in [0, 0.1) is 0 Å². The molecule has 0 saturated heterocycles. The number of para-hydroxylation sites is 1. The molecule has 6 aromatic carbocycles. The number of nitrogens with one attached hydrogen (secondary N) is 1. The maximum Gasteiger partial charge on any atom is 0.339 e. The number of phenols is 2. The van der Waals surface area contributed by atoms with E-state index in [0.29, 0.717) is 50.3 Å². The number of hydrogen-bond acceptors (Lipinski definition) is 8. The van der Waals surface area contributed by atoms with Gasteiger partial charge in [-0.05, 0) is 103 Å². The molecule has 2 unspecified atom stereocenters. The van der Waals surface area contributed by atoms with E-state index in [2.05, 4.69) is 31.0 Å². The highest BCUT2D eigenvalue weighted by atomic mass is 35.5. The van der Waals surface area contributed by atoms with Crippen LogP contribution >= 0.6 is 11.6 Å². The van der Waals surface area contributed by atoms with Gasteiger partial charge in [0, 0.05) is 46.1 Å². The van der Waals surface area contributed by atoms with Gasteiger partial charge >= 0.3 is 11.9 Å². The highest BCUT2D eigenvalue weighted by Crippen LogP contribution is 2.39. The summed E-state index contributed by atoms with van der Waals surface area (Å²) in [6.45, 7) is 10.4. The number of aliphatic hydroxyl groups is 1. The Morgan fingerprint density at radius 2 is 1.25 bits per heavy atom. The molecule has 1 heterocycles. The Balaban J connectivity index is 0.000000202. The molecule has 0 fully saturated rings. The van der Waals surface area contributed by atoms with Gasteiger partial charge in [0.05, 0.1) is 17.3 Å². The van der Waals surface area contributed by atoms with Gasteiger partial charge in [0.2, 0.25) is 0 Å². The second kappa shape index (κ2) is 19.8. The molecule has 6 N–H and O–H groups in total. The average molecular weight is 828 g/mol. The Hall–Kier alpha value is -6.04. The van der Waals surface area contributed by atoms with Gasteiger partial charge in [-0.25, -0.2) is 14.6 Å². The van der Waals surface area contributed by atoms with Crippen molar-refractivity contribution in [1.82, 2.24) is 15.2 Å². The lowest BCUT2D eigenvalue weighted by Gasteiger charge is -2.21. The maximum absolute atomic E-state index is 11.6. The summed E-state index contributed by atoms with van der Waals surface area (Å²) < 4.78 is 0. The molecule has 0 aliphatic rings. The first-order valence-electron chi connectivity index (χ1n) is 20.1. The van der Waals surface area contributed by atoms with Gasteiger partial charge in [0.25, 0.3) is 0 Å². The molecule has 0 amide bonds. The monoisotopic (exact) mass is 827 g/mol. The van der Waals surface area contributed by atoms with Gasteiger partial charge in [0.1, 0.15) is 22.6 Å². The van der Waals surface area contributed by atoms with Crippen molar-refractivity contribution in [1.29, 1.82) is 0 Å². The maximum atomic E-state index is 11.6. The molecule has 7 aromatic rings. The van der Waals surface area contributed by atoms with Crippen LogP contribution in [0.15, 0.2) is 115 Å². The molecule has 11 heteroatoms. The second-order valence-electron chi connectivity index (χ2n) is 14.8. The average Bonchev–Trinajstić information content (AvgIpc) is 3.25. The van der Waals surface area contributed by atoms with E-state index in [1.165, 1.54) is 12.1 Å². The Morgan fingerprint density at radius 3 is 1.78 bits per heavy atom. The summed E-state index contributed by atoms with van der Waals surface area (Å²) in [6.07, 6.45) is 1.60. The van der Waals surface area contributed by atoms with Crippen molar-refractivity contribution in [2.45, 2.75) is 52.2 Å². The van der Waals surface area contributed by atoms with E-state index in [4.69, 9.17) is 16.6 Å². The minimum absolute atomic E-state index is 0.0407. The molecule has 0 radical (unpaired) electrons. The molecule has 0 aliphatic heterocycles. The van der Waals surface area contributed by atoms with Crippen LogP contribution in [0.4, 0.5) is 0 Å². The van der Waals surface area contributed by atoms with Crippen LogP contribution in [-0.2, 0) is 6.42 Å². The molecule has 0 saturated carbocycles. The van der Waals surface area contributed by atoms with Crippen LogP contribution in [0.5, 0.6) is 11.5 Å².